The molecule has 15 heavy (non-hydrogen) atoms. The number of fused-ring (bicyclic) bond motifs is 1. The molecule has 2 aliphatic rings. The van der Waals surface area contributed by atoms with Gasteiger partial charge in [0.2, 0.25) is 6.79 Å². The Hall–Kier alpha value is -0.930. The van der Waals surface area contributed by atoms with Gasteiger partial charge in [0.15, 0.2) is 11.5 Å². The fourth-order valence-electron chi connectivity index (χ4n) is 1.92. The lowest BCUT2D eigenvalue weighted by Crippen LogP contribution is -2.13. The first-order valence-electron chi connectivity index (χ1n) is 5.00. The summed E-state index contributed by atoms with van der Waals surface area (Å²) in [4.78, 5) is 0. The van der Waals surface area contributed by atoms with Gasteiger partial charge >= 0.3 is 0 Å². The molecular weight excluding hydrogens is 214 g/mol. The highest BCUT2D eigenvalue weighted by Crippen LogP contribution is 2.45. The smallest absolute Gasteiger partial charge is 0.231 e. The number of para-hydroxylation sites is 1. The maximum Gasteiger partial charge on any atom is 0.231 e. The van der Waals surface area contributed by atoms with Crippen molar-refractivity contribution in [3.8, 4) is 11.5 Å². The van der Waals surface area contributed by atoms with E-state index in [9.17, 15) is 0 Å². The second-order valence-electron chi connectivity index (χ2n) is 3.94. The third-order valence-corrected chi connectivity index (χ3v) is 2.92. The molecule has 0 radical (unpaired) electrons. The molecule has 1 atom stereocenters. The average Bonchev–Trinajstić information content (AvgIpc) is 2.94. The van der Waals surface area contributed by atoms with Crippen molar-refractivity contribution in [2.75, 3.05) is 6.79 Å². The summed E-state index contributed by atoms with van der Waals surface area (Å²) in [5.74, 6) is 2.33. The minimum atomic E-state index is 0. The second-order valence-corrected chi connectivity index (χ2v) is 3.94. The third kappa shape index (κ3) is 1.77. The number of benzene rings is 1. The monoisotopic (exact) mass is 227 g/mol. The first-order valence-corrected chi connectivity index (χ1v) is 5.00. The van der Waals surface area contributed by atoms with Gasteiger partial charge < -0.3 is 15.2 Å². The van der Waals surface area contributed by atoms with Crippen LogP contribution < -0.4 is 15.2 Å². The highest BCUT2D eigenvalue weighted by Gasteiger charge is 2.32. The van der Waals surface area contributed by atoms with Crippen molar-refractivity contribution in [2.24, 2.45) is 11.7 Å². The number of hydrogen-bond acceptors (Lipinski definition) is 3. The Labute approximate surface area is 95.0 Å². The minimum absolute atomic E-state index is 0. The van der Waals surface area contributed by atoms with Crippen LogP contribution in [0, 0.1) is 5.92 Å². The Kier molecular flexibility index (Phi) is 2.76. The highest BCUT2D eigenvalue weighted by molar-refractivity contribution is 5.85. The van der Waals surface area contributed by atoms with Crippen LogP contribution in [0.5, 0.6) is 11.5 Å². The van der Waals surface area contributed by atoms with Crippen molar-refractivity contribution in [2.45, 2.75) is 18.9 Å². The van der Waals surface area contributed by atoms with Crippen LogP contribution in [-0.4, -0.2) is 6.79 Å². The van der Waals surface area contributed by atoms with Crippen molar-refractivity contribution in [1.29, 1.82) is 0 Å². The molecule has 82 valence electrons. The van der Waals surface area contributed by atoms with E-state index < -0.39 is 0 Å². The number of nitrogens with two attached hydrogens (primary N) is 1. The van der Waals surface area contributed by atoms with E-state index in [4.69, 9.17) is 15.2 Å². The van der Waals surface area contributed by atoms with Gasteiger partial charge in [-0.05, 0) is 24.8 Å². The van der Waals surface area contributed by atoms with Crippen LogP contribution in [0.3, 0.4) is 0 Å². The summed E-state index contributed by atoms with van der Waals surface area (Å²) >= 11 is 0. The summed E-state index contributed by atoms with van der Waals surface area (Å²) in [6.07, 6.45) is 2.48. The van der Waals surface area contributed by atoms with Gasteiger partial charge in [0.05, 0.1) is 0 Å². The summed E-state index contributed by atoms with van der Waals surface area (Å²) < 4.78 is 10.7. The molecular formula is C11H14ClNO2. The van der Waals surface area contributed by atoms with Crippen LogP contribution in [0.1, 0.15) is 24.4 Å². The van der Waals surface area contributed by atoms with Crippen molar-refractivity contribution in [3.05, 3.63) is 23.8 Å². The molecule has 0 amide bonds. The van der Waals surface area contributed by atoms with E-state index in [0.29, 0.717) is 12.7 Å². The first-order chi connectivity index (χ1) is 6.86. The average molecular weight is 228 g/mol. The normalized spacial score (nSPS) is 19.5. The predicted octanol–water partition coefficient (Wildman–Crippen LogP) is 2.25. The van der Waals surface area contributed by atoms with Crippen LogP contribution in [0.15, 0.2) is 18.2 Å². The molecule has 0 saturated heterocycles. The Morgan fingerprint density at radius 1 is 1.27 bits per heavy atom. The number of halogens is 1. The molecule has 2 N–H and O–H groups in total. The molecule has 1 aliphatic carbocycles. The fourth-order valence-corrected chi connectivity index (χ4v) is 1.92. The summed E-state index contributed by atoms with van der Waals surface area (Å²) in [5.41, 5.74) is 7.24. The van der Waals surface area contributed by atoms with E-state index in [-0.39, 0.29) is 18.4 Å². The molecule has 1 aliphatic heterocycles. The maximum absolute atomic E-state index is 6.14. The zero-order valence-corrected chi connectivity index (χ0v) is 9.13. The van der Waals surface area contributed by atoms with E-state index in [1.54, 1.807) is 0 Å². The van der Waals surface area contributed by atoms with E-state index in [1.165, 1.54) is 12.8 Å². The molecule has 1 aromatic rings. The molecule has 0 bridgehead atoms. The topological polar surface area (TPSA) is 44.5 Å². The SMILES string of the molecule is Cl.NC(c1cccc2c1OCO2)C1CC1. The van der Waals surface area contributed by atoms with Gasteiger partial charge in [-0.15, -0.1) is 12.4 Å². The Balaban J connectivity index is 0.000000853. The van der Waals surface area contributed by atoms with E-state index in [1.807, 2.05) is 18.2 Å². The maximum atomic E-state index is 6.14. The number of ether oxygens (including phenoxy) is 2. The highest BCUT2D eigenvalue weighted by atomic mass is 35.5. The summed E-state index contributed by atoms with van der Waals surface area (Å²) in [7, 11) is 0. The molecule has 0 aromatic heterocycles. The van der Waals surface area contributed by atoms with Gasteiger partial charge in [0.1, 0.15) is 0 Å². The van der Waals surface area contributed by atoms with Crippen molar-refractivity contribution < 1.29 is 9.47 Å². The quantitative estimate of drug-likeness (QED) is 0.843. The molecule has 3 rings (SSSR count). The van der Waals surface area contributed by atoms with Crippen LogP contribution in [0.4, 0.5) is 0 Å². The first kappa shape index (κ1) is 10.6. The van der Waals surface area contributed by atoms with Crippen molar-refractivity contribution >= 4 is 12.4 Å². The zero-order chi connectivity index (χ0) is 9.54. The minimum Gasteiger partial charge on any atom is -0.454 e. The van der Waals surface area contributed by atoms with E-state index in [0.717, 1.165) is 17.1 Å². The molecule has 1 fully saturated rings. The molecule has 1 heterocycles. The summed E-state index contributed by atoms with van der Waals surface area (Å²) in [6.45, 7) is 0.323. The van der Waals surface area contributed by atoms with Crippen LogP contribution in [0.2, 0.25) is 0 Å². The molecule has 4 heteroatoms. The zero-order valence-electron chi connectivity index (χ0n) is 8.31. The molecule has 3 nitrogen and oxygen atoms in total. The molecule has 1 saturated carbocycles. The molecule has 1 aromatic carbocycles. The van der Waals surface area contributed by atoms with Gasteiger partial charge in [-0.3, -0.25) is 0 Å². The summed E-state index contributed by atoms with van der Waals surface area (Å²) in [6, 6.07) is 6.05. The van der Waals surface area contributed by atoms with E-state index >= 15 is 0 Å². The van der Waals surface area contributed by atoms with Gasteiger partial charge in [-0.2, -0.15) is 0 Å². The van der Waals surface area contributed by atoms with Gasteiger partial charge in [-0.1, -0.05) is 12.1 Å². The van der Waals surface area contributed by atoms with Gasteiger partial charge in [0, 0.05) is 11.6 Å². The lowest BCUT2D eigenvalue weighted by Gasteiger charge is -2.12. The van der Waals surface area contributed by atoms with Crippen LogP contribution in [-0.2, 0) is 0 Å². The van der Waals surface area contributed by atoms with Crippen LogP contribution in [0.25, 0.3) is 0 Å². The van der Waals surface area contributed by atoms with Gasteiger partial charge in [-0.25, -0.2) is 0 Å². The second kappa shape index (κ2) is 3.91. The molecule has 0 spiro atoms. The van der Waals surface area contributed by atoms with Gasteiger partial charge in [0.25, 0.3) is 0 Å². The molecule has 1 unspecified atom stereocenters. The predicted molar refractivity (Wildman–Crippen MR) is 59.5 cm³/mol. The largest absolute Gasteiger partial charge is 0.454 e. The Morgan fingerprint density at radius 3 is 2.80 bits per heavy atom. The lowest BCUT2D eigenvalue weighted by atomic mass is 10.0. The van der Waals surface area contributed by atoms with E-state index in [2.05, 4.69) is 0 Å². The Bertz CT molecular complexity index is 366. The standard InChI is InChI=1S/C11H13NO2.ClH/c12-10(7-4-5-7)8-2-1-3-9-11(8)14-6-13-9;/h1-3,7,10H,4-6,12H2;1H. The summed E-state index contributed by atoms with van der Waals surface area (Å²) in [5, 5.41) is 0. The number of rotatable bonds is 2. The lowest BCUT2D eigenvalue weighted by molar-refractivity contribution is 0.173. The van der Waals surface area contributed by atoms with Crippen LogP contribution >= 0.6 is 12.4 Å². The van der Waals surface area contributed by atoms with Crippen molar-refractivity contribution in [1.82, 2.24) is 0 Å². The third-order valence-electron chi connectivity index (χ3n) is 2.92. The Morgan fingerprint density at radius 2 is 2.07 bits per heavy atom. The fraction of sp³-hybridized carbons (Fsp3) is 0.455. The van der Waals surface area contributed by atoms with Crippen molar-refractivity contribution in [3.63, 3.8) is 0 Å². The number of hydrogen-bond donors (Lipinski definition) is 1.